The van der Waals surface area contributed by atoms with Crippen molar-refractivity contribution in [1.82, 2.24) is 10.0 Å². The van der Waals surface area contributed by atoms with Gasteiger partial charge in [0.2, 0.25) is 0 Å². The molecule has 0 bridgehead atoms. The lowest BCUT2D eigenvalue weighted by atomic mass is 9.73. The first kappa shape index (κ1) is 18.3. The van der Waals surface area contributed by atoms with E-state index in [4.69, 9.17) is 5.11 Å². The average molecular weight is 316 g/mol. The van der Waals surface area contributed by atoms with E-state index in [1.165, 1.54) is 0 Å². The number of hydrogen-bond acceptors (Lipinski definition) is 3. The SMILES string of the molecule is C=CCC(C)(CC1CC(NC(=O)O)C1)N[S+]([O-])C(C)(C)C. The number of amides is 1. The van der Waals surface area contributed by atoms with Crippen LogP contribution in [0, 0.1) is 5.92 Å². The van der Waals surface area contributed by atoms with Gasteiger partial charge < -0.3 is 15.0 Å². The van der Waals surface area contributed by atoms with E-state index in [2.05, 4.69) is 23.5 Å². The van der Waals surface area contributed by atoms with Crippen LogP contribution in [0.1, 0.15) is 53.4 Å². The van der Waals surface area contributed by atoms with Crippen LogP contribution in [0.2, 0.25) is 0 Å². The number of carboxylic acid groups (broad SMARTS) is 1. The minimum absolute atomic E-state index is 0.0635. The second-order valence-electron chi connectivity index (χ2n) is 7.22. The normalized spacial score (nSPS) is 26.3. The number of hydrogen-bond donors (Lipinski definition) is 3. The molecule has 122 valence electrons. The molecule has 1 fully saturated rings. The van der Waals surface area contributed by atoms with Crippen LogP contribution in [0.5, 0.6) is 0 Å². The second kappa shape index (κ2) is 7.03. The fourth-order valence-electron chi connectivity index (χ4n) is 2.69. The minimum Gasteiger partial charge on any atom is -0.598 e. The van der Waals surface area contributed by atoms with Crippen LogP contribution in [-0.4, -0.2) is 32.1 Å². The highest BCUT2D eigenvalue weighted by molar-refractivity contribution is 7.90. The van der Waals surface area contributed by atoms with E-state index in [1.54, 1.807) is 0 Å². The molecular formula is C15H28N2O3S. The van der Waals surface area contributed by atoms with Crippen molar-refractivity contribution in [2.75, 3.05) is 0 Å². The van der Waals surface area contributed by atoms with Crippen molar-refractivity contribution in [3.63, 3.8) is 0 Å². The van der Waals surface area contributed by atoms with Crippen molar-refractivity contribution in [3.05, 3.63) is 12.7 Å². The Morgan fingerprint density at radius 1 is 1.43 bits per heavy atom. The zero-order valence-corrected chi connectivity index (χ0v) is 14.3. The van der Waals surface area contributed by atoms with Gasteiger partial charge in [-0.25, -0.2) is 4.79 Å². The summed E-state index contributed by atoms with van der Waals surface area (Å²) in [4.78, 5) is 10.6. The summed E-state index contributed by atoms with van der Waals surface area (Å²) in [5, 5.41) is 11.2. The maximum Gasteiger partial charge on any atom is 0.404 e. The highest BCUT2D eigenvalue weighted by atomic mass is 32.2. The van der Waals surface area contributed by atoms with Gasteiger partial charge in [0.05, 0.1) is 5.54 Å². The Morgan fingerprint density at radius 2 is 2.00 bits per heavy atom. The molecule has 0 aromatic rings. The zero-order chi connectivity index (χ0) is 16.3. The molecule has 0 spiro atoms. The molecule has 0 aliphatic heterocycles. The summed E-state index contributed by atoms with van der Waals surface area (Å²) >= 11 is -1.13. The molecule has 1 aliphatic rings. The molecule has 1 amide bonds. The molecule has 5 nitrogen and oxygen atoms in total. The Kier molecular flexibility index (Phi) is 6.13. The van der Waals surface area contributed by atoms with Gasteiger partial charge in [-0.1, -0.05) is 6.08 Å². The molecule has 1 saturated carbocycles. The lowest BCUT2D eigenvalue weighted by Gasteiger charge is -2.42. The molecule has 1 rings (SSSR count). The van der Waals surface area contributed by atoms with Crippen LogP contribution in [0.3, 0.4) is 0 Å². The van der Waals surface area contributed by atoms with Gasteiger partial charge in [0.15, 0.2) is 0 Å². The summed E-state index contributed by atoms with van der Waals surface area (Å²) in [7, 11) is 0. The van der Waals surface area contributed by atoms with Crippen LogP contribution in [-0.2, 0) is 11.4 Å². The maximum absolute atomic E-state index is 12.3. The standard InChI is InChI=1S/C15H28N2O3S/c1-6-7-15(5,17-21(20)14(2,3)4)10-11-8-12(9-11)16-13(18)19/h6,11-12,16-17H,1,7-10H2,2-5H3,(H,18,19). The Hall–Kier alpha value is -0.720. The van der Waals surface area contributed by atoms with Crippen LogP contribution >= 0.6 is 0 Å². The quantitative estimate of drug-likeness (QED) is 0.498. The summed E-state index contributed by atoms with van der Waals surface area (Å²) in [6, 6.07) is 0.0635. The predicted octanol–water partition coefficient (Wildman–Crippen LogP) is 2.81. The summed E-state index contributed by atoms with van der Waals surface area (Å²) in [6.45, 7) is 11.7. The highest BCUT2D eigenvalue weighted by Crippen LogP contribution is 2.36. The van der Waals surface area contributed by atoms with Gasteiger partial charge in [-0.2, -0.15) is 0 Å². The van der Waals surface area contributed by atoms with Crippen LogP contribution in [0.25, 0.3) is 0 Å². The molecule has 0 aromatic heterocycles. The fourth-order valence-corrected chi connectivity index (χ4v) is 3.61. The molecular weight excluding hydrogens is 288 g/mol. The van der Waals surface area contributed by atoms with Crippen LogP contribution in [0.4, 0.5) is 4.79 Å². The average Bonchev–Trinajstić information content (AvgIpc) is 2.24. The first-order valence-electron chi connectivity index (χ1n) is 7.36. The first-order chi connectivity index (χ1) is 9.55. The van der Waals surface area contributed by atoms with E-state index in [9.17, 15) is 9.35 Å². The molecule has 2 atom stereocenters. The molecule has 6 heteroatoms. The lowest BCUT2D eigenvalue weighted by molar-refractivity contribution is 0.148. The van der Waals surface area contributed by atoms with E-state index in [1.807, 2.05) is 26.8 Å². The predicted molar refractivity (Wildman–Crippen MR) is 86.5 cm³/mol. The smallest absolute Gasteiger partial charge is 0.404 e. The van der Waals surface area contributed by atoms with E-state index >= 15 is 0 Å². The summed E-state index contributed by atoms with van der Waals surface area (Å²) < 4.78 is 15.3. The molecule has 0 radical (unpaired) electrons. The van der Waals surface area contributed by atoms with Gasteiger partial charge in [-0.05, 0) is 59.3 Å². The van der Waals surface area contributed by atoms with E-state index in [0.717, 1.165) is 25.7 Å². The van der Waals surface area contributed by atoms with Crippen molar-refractivity contribution >= 4 is 17.5 Å². The highest BCUT2D eigenvalue weighted by Gasteiger charge is 2.40. The van der Waals surface area contributed by atoms with Gasteiger partial charge >= 0.3 is 6.09 Å². The van der Waals surface area contributed by atoms with Crippen LogP contribution in [0.15, 0.2) is 12.7 Å². The third-order valence-corrected chi connectivity index (χ3v) is 5.58. The first-order valence-corrected chi connectivity index (χ1v) is 8.51. The monoisotopic (exact) mass is 316 g/mol. The Morgan fingerprint density at radius 3 is 2.43 bits per heavy atom. The molecule has 21 heavy (non-hydrogen) atoms. The molecule has 3 N–H and O–H groups in total. The fraction of sp³-hybridized carbons (Fsp3) is 0.800. The zero-order valence-electron chi connectivity index (χ0n) is 13.4. The van der Waals surface area contributed by atoms with E-state index in [0.29, 0.717) is 5.92 Å². The van der Waals surface area contributed by atoms with Gasteiger partial charge in [0.1, 0.15) is 4.75 Å². The van der Waals surface area contributed by atoms with Crippen LogP contribution < -0.4 is 10.0 Å². The Balaban J connectivity index is 2.53. The third kappa shape index (κ3) is 5.88. The molecule has 0 saturated heterocycles. The van der Waals surface area contributed by atoms with Crippen molar-refractivity contribution < 1.29 is 14.5 Å². The summed E-state index contributed by atoms with van der Waals surface area (Å²) in [6.07, 6.45) is 4.20. The molecule has 0 aromatic carbocycles. The maximum atomic E-state index is 12.3. The third-order valence-electron chi connectivity index (χ3n) is 3.79. The van der Waals surface area contributed by atoms with Crippen molar-refractivity contribution in [3.8, 4) is 0 Å². The minimum atomic E-state index is -1.13. The summed E-state index contributed by atoms with van der Waals surface area (Å²) in [5.74, 6) is 0.455. The second-order valence-corrected chi connectivity index (χ2v) is 9.19. The van der Waals surface area contributed by atoms with Crippen molar-refractivity contribution in [2.45, 2.75) is 69.7 Å². The topological polar surface area (TPSA) is 84.4 Å². The largest absolute Gasteiger partial charge is 0.598 e. The van der Waals surface area contributed by atoms with Gasteiger partial charge in [-0.3, -0.25) is 0 Å². The van der Waals surface area contributed by atoms with Crippen molar-refractivity contribution in [1.29, 1.82) is 0 Å². The molecule has 2 unspecified atom stereocenters. The number of nitrogens with one attached hydrogen (secondary N) is 2. The lowest BCUT2D eigenvalue weighted by Crippen LogP contribution is -2.54. The number of carbonyl (C=O) groups is 1. The van der Waals surface area contributed by atoms with Gasteiger partial charge in [-0.15, -0.1) is 11.3 Å². The van der Waals surface area contributed by atoms with E-state index in [-0.39, 0.29) is 16.3 Å². The number of rotatable bonds is 7. The Bertz CT molecular complexity index is 378. The molecule has 1 aliphatic carbocycles. The van der Waals surface area contributed by atoms with Gasteiger partial charge in [0.25, 0.3) is 0 Å². The Labute approximate surface area is 130 Å². The van der Waals surface area contributed by atoms with Gasteiger partial charge in [0, 0.05) is 17.4 Å². The van der Waals surface area contributed by atoms with E-state index < -0.39 is 17.5 Å². The molecule has 0 heterocycles. The van der Waals surface area contributed by atoms with Crippen molar-refractivity contribution in [2.24, 2.45) is 5.92 Å². The summed E-state index contributed by atoms with van der Waals surface area (Å²) in [5.41, 5.74) is -0.265.